The van der Waals surface area contributed by atoms with Gasteiger partial charge in [-0.2, -0.15) is 0 Å². The Morgan fingerprint density at radius 2 is 1.79 bits per heavy atom. The minimum Gasteiger partial charge on any atom is -0.353 e. The molecule has 1 fully saturated rings. The van der Waals surface area contributed by atoms with E-state index in [1.165, 1.54) is 0 Å². The third-order valence-corrected chi connectivity index (χ3v) is 4.79. The lowest BCUT2D eigenvalue weighted by atomic mass is 9.85. The maximum atomic E-state index is 12.9. The normalized spacial score (nSPS) is 24.0. The molecule has 2 aliphatic rings. The first-order chi connectivity index (χ1) is 11.2. The van der Waals surface area contributed by atoms with Crippen LogP contribution < -0.4 is 5.32 Å². The maximum Gasteiger partial charge on any atom is 0.262 e. The zero-order chi connectivity index (χ0) is 17.7. The van der Waals surface area contributed by atoms with Crippen molar-refractivity contribution in [3.05, 3.63) is 34.9 Å². The zero-order valence-corrected chi connectivity index (χ0v) is 14.0. The second kappa shape index (κ2) is 5.26. The van der Waals surface area contributed by atoms with E-state index in [1.54, 1.807) is 12.1 Å². The van der Waals surface area contributed by atoms with E-state index in [-0.39, 0.29) is 30.7 Å². The van der Waals surface area contributed by atoms with Crippen molar-refractivity contribution in [1.82, 2.24) is 10.2 Å². The molecule has 3 rings (SSSR count). The second-order valence-electron chi connectivity index (χ2n) is 7.45. The van der Waals surface area contributed by atoms with Gasteiger partial charge in [-0.05, 0) is 29.5 Å². The molecule has 2 heterocycles. The fourth-order valence-electron chi connectivity index (χ4n) is 3.21. The summed E-state index contributed by atoms with van der Waals surface area (Å²) in [7, 11) is 0. The molecule has 2 aliphatic heterocycles. The highest BCUT2D eigenvalue weighted by Gasteiger charge is 2.50. The van der Waals surface area contributed by atoms with Crippen LogP contribution in [0.3, 0.4) is 0 Å². The number of benzene rings is 1. The van der Waals surface area contributed by atoms with Crippen molar-refractivity contribution in [2.75, 3.05) is 6.54 Å². The molecule has 0 spiro atoms. The number of aldehydes is 1. The number of amides is 3. The molecule has 1 N–H and O–H groups in total. The average molecular weight is 328 g/mol. The number of imide groups is 1. The first-order valence-electron chi connectivity index (χ1n) is 7.96. The van der Waals surface area contributed by atoms with Crippen LogP contribution in [0.5, 0.6) is 0 Å². The average Bonchev–Trinajstić information content (AvgIpc) is 2.80. The Morgan fingerprint density at radius 1 is 1.12 bits per heavy atom. The van der Waals surface area contributed by atoms with Crippen LogP contribution in [0.25, 0.3) is 0 Å². The second-order valence-corrected chi connectivity index (χ2v) is 7.45. The van der Waals surface area contributed by atoms with Crippen molar-refractivity contribution in [1.29, 1.82) is 0 Å². The molecule has 0 saturated carbocycles. The van der Waals surface area contributed by atoms with E-state index in [4.69, 9.17) is 0 Å². The minimum absolute atomic E-state index is 0.0348. The van der Waals surface area contributed by atoms with Crippen LogP contribution in [0.4, 0.5) is 0 Å². The van der Waals surface area contributed by atoms with Gasteiger partial charge in [-0.25, -0.2) is 0 Å². The fraction of sp³-hybridized carbons (Fsp3) is 0.444. The highest BCUT2D eigenvalue weighted by atomic mass is 16.2. The molecular formula is C18H20N2O4. The molecule has 1 aromatic carbocycles. The maximum absolute atomic E-state index is 12.9. The van der Waals surface area contributed by atoms with E-state index >= 15 is 0 Å². The molecule has 1 saturated heterocycles. The SMILES string of the molecule is CC(C)(C)c1ccc2c(c1)C(=O)N(C1(C=O)CCC(=O)NC1)C2=O. The molecule has 126 valence electrons. The highest BCUT2D eigenvalue weighted by molar-refractivity contribution is 6.23. The van der Waals surface area contributed by atoms with Gasteiger partial charge >= 0.3 is 0 Å². The van der Waals surface area contributed by atoms with E-state index in [9.17, 15) is 19.2 Å². The highest BCUT2D eigenvalue weighted by Crippen LogP contribution is 2.34. The summed E-state index contributed by atoms with van der Waals surface area (Å²) in [5, 5.41) is 2.59. The molecule has 0 bridgehead atoms. The van der Waals surface area contributed by atoms with Crippen LogP contribution >= 0.6 is 0 Å². The largest absolute Gasteiger partial charge is 0.353 e. The smallest absolute Gasteiger partial charge is 0.262 e. The summed E-state index contributed by atoms with van der Waals surface area (Å²) in [4.78, 5) is 49.8. The monoisotopic (exact) mass is 328 g/mol. The molecule has 1 atom stereocenters. The van der Waals surface area contributed by atoms with Gasteiger partial charge in [0.25, 0.3) is 11.8 Å². The summed E-state index contributed by atoms with van der Waals surface area (Å²) in [5.41, 5.74) is 0.119. The molecule has 6 heteroatoms. The van der Waals surface area contributed by atoms with Crippen molar-refractivity contribution < 1.29 is 19.2 Å². The summed E-state index contributed by atoms with van der Waals surface area (Å²) in [6.07, 6.45) is 0.873. The molecule has 1 aromatic rings. The van der Waals surface area contributed by atoms with Crippen molar-refractivity contribution in [2.45, 2.75) is 44.6 Å². The number of nitrogens with zero attached hydrogens (tertiary/aromatic N) is 1. The number of hydrogen-bond donors (Lipinski definition) is 1. The Labute approximate surface area is 140 Å². The first kappa shape index (κ1) is 16.4. The lowest BCUT2D eigenvalue weighted by Gasteiger charge is -2.38. The quantitative estimate of drug-likeness (QED) is 0.657. The van der Waals surface area contributed by atoms with E-state index in [0.29, 0.717) is 17.4 Å². The number of fused-ring (bicyclic) bond motifs is 1. The number of piperidine rings is 1. The van der Waals surface area contributed by atoms with Gasteiger partial charge in [0.15, 0.2) is 0 Å². The Kier molecular flexibility index (Phi) is 3.59. The predicted octanol–water partition coefficient (Wildman–Crippen LogP) is 1.43. The third-order valence-electron chi connectivity index (χ3n) is 4.79. The van der Waals surface area contributed by atoms with Crippen LogP contribution in [-0.4, -0.2) is 41.0 Å². The van der Waals surface area contributed by atoms with Gasteiger partial charge in [-0.1, -0.05) is 26.8 Å². The van der Waals surface area contributed by atoms with E-state index in [1.807, 2.05) is 26.8 Å². The third kappa shape index (κ3) is 2.33. The van der Waals surface area contributed by atoms with Crippen molar-refractivity contribution in [2.24, 2.45) is 0 Å². The van der Waals surface area contributed by atoms with Gasteiger partial charge in [0.2, 0.25) is 5.91 Å². The van der Waals surface area contributed by atoms with Gasteiger partial charge in [-0.3, -0.25) is 19.3 Å². The van der Waals surface area contributed by atoms with Crippen molar-refractivity contribution >= 4 is 24.0 Å². The van der Waals surface area contributed by atoms with Crippen LogP contribution in [0.2, 0.25) is 0 Å². The summed E-state index contributed by atoms with van der Waals surface area (Å²) < 4.78 is 0. The molecule has 3 amide bonds. The van der Waals surface area contributed by atoms with Gasteiger partial charge in [0, 0.05) is 13.0 Å². The van der Waals surface area contributed by atoms with Gasteiger partial charge in [0.1, 0.15) is 11.8 Å². The number of rotatable bonds is 2. The Morgan fingerprint density at radius 3 is 2.33 bits per heavy atom. The number of carbonyl (C=O) groups excluding carboxylic acids is 4. The van der Waals surface area contributed by atoms with Gasteiger partial charge in [0.05, 0.1) is 11.1 Å². The molecular weight excluding hydrogens is 308 g/mol. The summed E-state index contributed by atoms with van der Waals surface area (Å²) in [6.45, 7) is 6.04. The Balaban J connectivity index is 2.03. The first-order valence-corrected chi connectivity index (χ1v) is 7.96. The van der Waals surface area contributed by atoms with Crippen LogP contribution in [0, 0.1) is 0 Å². The Bertz CT molecular complexity index is 751. The molecule has 0 radical (unpaired) electrons. The fourth-order valence-corrected chi connectivity index (χ4v) is 3.21. The molecule has 0 aliphatic carbocycles. The summed E-state index contributed by atoms with van der Waals surface area (Å²) in [5.74, 6) is -1.12. The molecule has 24 heavy (non-hydrogen) atoms. The lowest BCUT2D eigenvalue weighted by molar-refractivity contribution is -0.127. The van der Waals surface area contributed by atoms with Crippen molar-refractivity contribution in [3.63, 3.8) is 0 Å². The van der Waals surface area contributed by atoms with Crippen LogP contribution in [0.1, 0.15) is 59.9 Å². The van der Waals surface area contributed by atoms with Crippen LogP contribution in [0.15, 0.2) is 18.2 Å². The van der Waals surface area contributed by atoms with Crippen LogP contribution in [-0.2, 0) is 15.0 Å². The lowest BCUT2D eigenvalue weighted by Crippen LogP contribution is -2.61. The minimum atomic E-state index is -1.30. The Hall–Kier alpha value is -2.50. The molecule has 6 nitrogen and oxygen atoms in total. The standard InChI is InChI=1S/C18H20N2O4/c1-17(2,3)11-4-5-12-13(8-11)16(24)20(15(12)23)18(10-21)7-6-14(22)19-9-18/h4-5,8,10H,6-7,9H2,1-3H3,(H,19,22). The van der Waals surface area contributed by atoms with E-state index in [2.05, 4.69) is 5.32 Å². The van der Waals surface area contributed by atoms with E-state index in [0.717, 1.165) is 10.5 Å². The number of carbonyl (C=O) groups is 4. The van der Waals surface area contributed by atoms with Gasteiger partial charge < -0.3 is 10.1 Å². The summed E-state index contributed by atoms with van der Waals surface area (Å²) in [6, 6.07) is 5.22. The van der Waals surface area contributed by atoms with Crippen molar-refractivity contribution in [3.8, 4) is 0 Å². The molecule has 0 aromatic heterocycles. The predicted molar refractivity (Wildman–Crippen MR) is 86.7 cm³/mol. The van der Waals surface area contributed by atoms with Gasteiger partial charge in [-0.15, -0.1) is 0 Å². The molecule has 1 unspecified atom stereocenters. The zero-order valence-electron chi connectivity index (χ0n) is 14.0. The summed E-state index contributed by atoms with van der Waals surface area (Å²) >= 11 is 0. The topological polar surface area (TPSA) is 83.6 Å². The number of hydrogen-bond acceptors (Lipinski definition) is 4. The van der Waals surface area contributed by atoms with E-state index < -0.39 is 17.4 Å². The number of nitrogens with one attached hydrogen (secondary N) is 1.